The van der Waals surface area contributed by atoms with Crippen LogP contribution in [0.4, 0.5) is 10.5 Å². The average Bonchev–Trinajstić information content (AvgIpc) is 3.39. The maximum Gasteiger partial charge on any atom is 0.412 e. The molecule has 0 aromatic heterocycles. The first-order chi connectivity index (χ1) is 35.2. The molecule has 0 fully saturated rings. The molecule has 3 atom stereocenters. The molecule has 0 saturated heterocycles. The van der Waals surface area contributed by atoms with E-state index in [2.05, 4.69) is 25.1 Å². The molecule has 0 aliphatic rings. The standard InChI is InChI=1S/C61H75NO12/c1-13-44(48-32-24-25-33-49(48)45-28-20-18-21-29-45)36-53(63)72-52(40-69-54(64)41(6)7)61(16-4,17-5)74-56(66)43(10)37-59(11,12)57(67)70-39-47(38-60(14-2,15-3)73-55(65)42(8)9)71-58(68)62-51-35-27-26-34-50(51)46-30-22-19-23-31-46/h18-35,44,47,52H,6,8,10,13-17,36-40H2,1-5,7,9,11-12H3,(H,62,68). The van der Waals surface area contributed by atoms with Crippen molar-refractivity contribution in [1.82, 2.24) is 0 Å². The van der Waals surface area contributed by atoms with Gasteiger partial charge in [-0.05, 0) is 100 Å². The zero-order valence-electron chi connectivity index (χ0n) is 44.7. The van der Waals surface area contributed by atoms with E-state index in [1.165, 1.54) is 13.8 Å². The van der Waals surface area contributed by atoms with Crippen LogP contribution in [-0.4, -0.2) is 72.6 Å². The van der Waals surface area contributed by atoms with Crippen LogP contribution in [0.5, 0.6) is 0 Å². The average molecular weight is 1010 g/mol. The predicted molar refractivity (Wildman–Crippen MR) is 288 cm³/mol. The van der Waals surface area contributed by atoms with Gasteiger partial charge in [0.15, 0.2) is 11.7 Å². The quantitative estimate of drug-likeness (QED) is 0.0325. The zero-order chi connectivity index (χ0) is 54.6. The molecule has 396 valence electrons. The van der Waals surface area contributed by atoms with Gasteiger partial charge in [-0.15, -0.1) is 0 Å². The number of anilines is 1. The molecule has 0 aliphatic heterocycles. The summed E-state index contributed by atoms with van der Waals surface area (Å²) < 4.78 is 35.8. The minimum absolute atomic E-state index is 0.0119. The van der Waals surface area contributed by atoms with Gasteiger partial charge < -0.3 is 28.4 Å². The fraction of sp³-hybridized carbons (Fsp3) is 0.410. The van der Waals surface area contributed by atoms with Crippen LogP contribution in [0.1, 0.15) is 125 Å². The molecule has 1 N–H and O–H groups in total. The molecule has 0 aliphatic carbocycles. The largest absolute Gasteiger partial charge is 0.461 e. The van der Waals surface area contributed by atoms with Gasteiger partial charge in [0.2, 0.25) is 0 Å². The highest BCUT2D eigenvalue weighted by Crippen LogP contribution is 2.37. The Morgan fingerprint density at radius 1 is 0.595 bits per heavy atom. The molecular formula is C61H75NO12. The van der Waals surface area contributed by atoms with Crippen molar-refractivity contribution in [3.05, 3.63) is 151 Å². The molecule has 0 radical (unpaired) electrons. The molecule has 13 heteroatoms. The minimum Gasteiger partial charge on any atom is -0.461 e. The fourth-order valence-corrected chi connectivity index (χ4v) is 8.71. The number of ether oxygens (including phenoxy) is 6. The molecule has 0 saturated carbocycles. The maximum atomic E-state index is 14.2. The number of hydrogen-bond acceptors (Lipinski definition) is 12. The van der Waals surface area contributed by atoms with E-state index in [1.54, 1.807) is 39.8 Å². The molecular weight excluding hydrogens is 939 g/mol. The summed E-state index contributed by atoms with van der Waals surface area (Å²) in [4.78, 5) is 81.6. The highest BCUT2D eigenvalue weighted by molar-refractivity contribution is 5.92. The monoisotopic (exact) mass is 1010 g/mol. The summed E-state index contributed by atoms with van der Waals surface area (Å²) in [6, 6.07) is 34.5. The summed E-state index contributed by atoms with van der Waals surface area (Å²) in [6.45, 7) is 25.9. The van der Waals surface area contributed by atoms with E-state index in [0.717, 1.165) is 27.8 Å². The van der Waals surface area contributed by atoms with E-state index in [1.807, 2.05) is 118 Å². The predicted octanol–water partition coefficient (Wildman–Crippen LogP) is 13.2. The number of esters is 5. The van der Waals surface area contributed by atoms with E-state index < -0.39 is 78.0 Å². The van der Waals surface area contributed by atoms with Gasteiger partial charge in [-0.2, -0.15) is 0 Å². The van der Waals surface area contributed by atoms with Crippen LogP contribution in [0, 0.1) is 5.41 Å². The van der Waals surface area contributed by atoms with Crippen LogP contribution in [0.25, 0.3) is 22.3 Å². The number of carbonyl (C=O) groups is 6. The van der Waals surface area contributed by atoms with Gasteiger partial charge in [-0.3, -0.25) is 14.9 Å². The summed E-state index contributed by atoms with van der Waals surface area (Å²) in [5.74, 6) is -3.76. The van der Waals surface area contributed by atoms with Crippen molar-refractivity contribution in [3.63, 3.8) is 0 Å². The number of amides is 1. The van der Waals surface area contributed by atoms with E-state index in [9.17, 15) is 28.8 Å². The lowest BCUT2D eigenvalue weighted by atomic mass is 9.85. The molecule has 1 amide bonds. The summed E-state index contributed by atoms with van der Waals surface area (Å²) in [6.07, 6.45) is -1.83. The first-order valence-electron chi connectivity index (χ1n) is 25.4. The number of para-hydroxylation sites is 1. The third-order valence-electron chi connectivity index (χ3n) is 13.4. The van der Waals surface area contributed by atoms with Crippen molar-refractivity contribution < 1.29 is 57.2 Å². The SMILES string of the molecule is C=C(C)C(=O)OCC(OC(=O)CC(CC)c1ccccc1-c1ccccc1)C(CC)(CC)OC(=O)C(=C)CC(C)(C)C(=O)OCC(CC(CC)(CC)OC(=O)C(=C)C)OC(=O)Nc1ccccc1-c1ccccc1. The molecule has 0 heterocycles. The lowest BCUT2D eigenvalue weighted by Crippen LogP contribution is -2.51. The molecule has 0 spiro atoms. The van der Waals surface area contributed by atoms with Crippen LogP contribution in [-0.2, 0) is 52.4 Å². The second-order valence-corrected chi connectivity index (χ2v) is 19.4. The van der Waals surface area contributed by atoms with Crippen LogP contribution in [0.15, 0.2) is 146 Å². The number of carbonyl (C=O) groups excluding carboxylic acids is 6. The third-order valence-corrected chi connectivity index (χ3v) is 13.4. The Morgan fingerprint density at radius 2 is 1.14 bits per heavy atom. The second-order valence-electron chi connectivity index (χ2n) is 19.4. The lowest BCUT2D eigenvalue weighted by Gasteiger charge is -2.38. The number of rotatable bonds is 28. The lowest BCUT2D eigenvalue weighted by molar-refractivity contribution is -0.194. The Labute approximate surface area is 437 Å². The second kappa shape index (κ2) is 27.7. The highest BCUT2D eigenvalue weighted by Gasteiger charge is 2.45. The van der Waals surface area contributed by atoms with E-state index in [0.29, 0.717) is 24.9 Å². The van der Waals surface area contributed by atoms with Crippen molar-refractivity contribution in [2.45, 2.75) is 143 Å². The Kier molecular flexibility index (Phi) is 22.2. The Morgan fingerprint density at radius 3 is 1.69 bits per heavy atom. The minimum atomic E-state index is -1.50. The molecule has 74 heavy (non-hydrogen) atoms. The number of benzene rings is 4. The van der Waals surface area contributed by atoms with Gasteiger partial charge in [-0.25, -0.2) is 19.2 Å². The van der Waals surface area contributed by atoms with E-state index in [-0.39, 0.29) is 54.7 Å². The molecule has 3 unspecified atom stereocenters. The molecule has 4 rings (SSSR count). The van der Waals surface area contributed by atoms with Gasteiger partial charge >= 0.3 is 35.9 Å². The fourth-order valence-electron chi connectivity index (χ4n) is 8.71. The summed E-state index contributed by atoms with van der Waals surface area (Å²) >= 11 is 0. The van der Waals surface area contributed by atoms with Crippen LogP contribution < -0.4 is 5.32 Å². The van der Waals surface area contributed by atoms with Gasteiger partial charge in [-0.1, -0.05) is 157 Å². The first-order valence-corrected chi connectivity index (χ1v) is 25.4. The van der Waals surface area contributed by atoms with Crippen LogP contribution in [0.3, 0.4) is 0 Å². The van der Waals surface area contributed by atoms with Crippen molar-refractivity contribution in [2.24, 2.45) is 5.41 Å². The summed E-state index contributed by atoms with van der Waals surface area (Å²) in [7, 11) is 0. The van der Waals surface area contributed by atoms with E-state index in [4.69, 9.17) is 28.4 Å². The van der Waals surface area contributed by atoms with Gasteiger partial charge in [0.25, 0.3) is 0 Å². The Balaban J connectivity index is 1.53. The van der Waals surface area contributed by atoms with Gasteiger partial charge in [0.05, 0.1) is 17.5 Å². The molecule has 4 aromatic carbocycles. The maximum absolute atomic E-state index is 14.2. The third kappa shape index (κ3) is 16.4. The van der Waals surface area contributed by atoms with Crippen molar-refractivity contribution in [2.75, 3.05) is 18.5 Å². The van der Waals surface area contributed by atoms with Crippen LogP contribution in [0.2, 0.25) is 0 Å². The topological polar surface area (TPSA) is 170 Å². The molecule has 13 nitrogen and oxygen atoms in total. The van der Waals surface area contributed by atoms with Crippen molar-refractivity contribution >= 4 is 41.6 Å². The summed E-state index contributed by atoms with van der Waals surface area (Å²) in [5.41, 5.74) is 1.30. The van der Waals surface area contributed by atoms with Crippen molar-refractivity contribution in [1.29, 1.82) is 0 Å². The van der Waals surface area contributed by atoms with Crippen molar-refractivity contribution in [3.8, 4) is 22.3 Å². The van der Waals surface area contributed by atoms with Gasteiger partial charge in [0, 0.05) is 28.7 Å². The first kappa shape index (κ1) is 59.3. The number of nitrogens with one attached hydrogen (secondary N) is 1. The van der Waals surface area contributed by atoms with Crippen LogP contribution >= 0.6 is 0 Å². The Hall–Kier alpha value is -7.28. The normalized spacial score (nSPS) is 12.7. The number of hydrogen-bond donors (Lipinski definition) is 1. The van der Waals surface area contributed by atoms with Gasteiger partial charge in [0.1, 0.15) is 24.9 Å². The smallest absolute Gasteiger partial charge is 0.412 e. The Bertz CT molecular complexity index is 2590. The van der Waals surface area contributed by atoms with E-state index >= 15 is 0 Å². The highest BCUT2D eigenvalue weighted by atomic mass is 16.6. The molecule has 4 aromatic rings. The molecule has 0 bridgehead atoms. The zero-order valence-corrected chi connectivity index (χ0v) is 44.7. The summed E-state index contributed by atoms with van der Waals surface area (Å²) in [5, 5.41) is 2.82.